The molecule has 0 aliphatic rings. The first kappa shape index (κ1) is 18.4. The lowest BCUT2D eigenvalue weighted by atomic mass is 10.2. The number of hydrogen-bond acceptors (Lipinski definition) is 3. The van der Waals surface area contributed by atoms with Crippen LogP contribution in [0, 0.1) is 6.92 Å². The molecule has 2 N–H and O–H groups in total. The zero-order valence-corrected chi connectivity index (χ0v) is 15.4. The summed E-state index contributed by atoms with van der Waals surface area (Å²) >= 11 is 3.40. The van der Waals surface area contributed by atoms with Crippen LogP contribution in [-0.2, 0) is 10.2 Å². The van der Waals surface area contributed by atoms with Crippen LogP contribution in [0.15, 0.2) is 22.7 Å². The molecule has 7 heteroatoms. The Bertz CT molecular complexity index is 561. The minimum Gasteiger partial charge on any atom is -0.314 e. The standard InChI is InChI=1S/C14H24BrN3O2S/c1-11(2)16-8-5-9-18(4)21(19,20)17-13-6-7-14(15)12(3)10-13/h6-7,10-11,16-17H,5,8-9H2,1-4H3. The van der Waals surface area contributed by atoms with Crippen molar-refractivity contribution in [3.05, 3.63) is 28.2 Å². The average Bonchev–Trinajstić information content (AvgIpc) is 2.38. The molecule has 0 saturated heterocycles. The maximum atomic E-state index is 12.2. The number of nitrogens with one attached hydrogen (secondary N) is 2. The Morgan fingerprint density at radius 2 is 2.00 bits per heavy atom. The van der Waals surface area contributed by atoms with Crippen molar-refractivity contribution in [2.45, 2.75) is 33.2 Å². The van der Waals surface area contributed by atoms with Gasteiger partial charge in [0.15, 0.2) is 0 Å². The first-order chi connectivity index (χ1) is 9.72. The summed E-state index contributed by atoms with van der Waals surface area (Å²) in [6, 6.07) is 5.79. The number of rotatable bonds is 8. The lowest BCUT2D eigenvalue weighted by Gasteiger charge is -2.19. The Morgan fingerprint density at radius 3 is 2.57 bits per heavy atom. The molecular formula is C14H24BrN3O2S. The second-order valence-electron chi connectivity index (χ2n) is 5.35. The minimum absolute atomic E-state index is 0.413. The number of nitrogens with zero attached hydrogens (tertiary/aromatic N) is 1. The molecule has 1 aromatic rings. The molecule has 0 aliphatic heterocycles. The average molecular weight is 378 g/mol. The largest absolute Gasteiger partial charge is 0.314 e. The van der Waals surface area contributed by atoms with Crippen LogP contribution in [-0.4, -0.2) is 38.9 Å². The third-order valence-electron chi connectivity index (χ3n) is 3.02. The maximum absolute atomic E-state index is 12.2. The fourth-order valence-electron chi connectivity index (χ4n) is 1.75. The summed E-state index contributed by atoms with van der Waals surface area (Å²) in [5.41, 5.74) is 1.56. The molecule has 0 radical (unpaired) electrons. The molecule has 1 aromatic carbocycles. The van der Waals surface area contributed by atoms with Crippen molar-refractivity contribution in [2.75, 3.05) is 24.9 Å². The van der Waals surface area contributed by atoms with Gasteiger partial charge in [0.25, 0.3) is 0 Å². The first-order valence-corrected chi connectivity index (χ1v) is 9.19. The smallest absolute Gasteiger partial charge is 0.301 e. The zero-order chi connectivity index (χ0) is 16.0. The van der Waals surface area contributed by atoms with E-state index in [1.807, 2.05) is 13.0 Å². The second-order valence-corrected chi connectivity index (χ2v) is 7.99. The van der Waals surface area contributed by atoms with E-state index in [9.17, 15) is 8.42 Å². The molecule has 21 heavy (non-hydrogen) atoms. The molecule has 0 aliphatic carbocycles. The van der Waals surface area contributed by atoms with Crippen molar-refractivity contribution in [1.29, 1.82) is 0 Å². The van der Waals surface area contributed by atoms with Crippen LogP contribution in [0.1, 0.15) is 25.8 Å². The Hall–Kier alpha value is -0.630. The van der Waals surface area contributed by atoms with Crippen molar-refractivity contribution in [2.24, 2.45) is 0 Å². The molecule has 0 aromatic heterocycles. The Labute approximate surface area is 136 Å². The summed E-state index contributed by atoms with van der Waals surface area (Å²) < 4.78 is 29.3. The van der Waals surface area contributed by atoms with Crippen molar-refractivity contribution in [1.82, 2.24) is 9.62 Å². The van der Waals surface area contributed by atoms with Gasteiger partial charge in [-0.3, -0.25) is 4.72 Å². The van der Waals surface area contributed by atoms with Crippen molar-refractivity contribution in [3.63, 3.8) is 0 Å². The van der Waals surface area contributed by atoms with Gasteiger partial charge in [0.2, 0.25) is 0 Å². The lowest BCUT2D eigenvalue weighted by molar-refractivity contribution is 0.451. The topological polar surface area (TPSA) is 61.4 Å². The van der Waals surface area contributed by atoms with Crippen LogP contribution in [0.2, 0.25) is 0 Å². The van der Waals surface area contributed by atoms with Gasteiger partial charge in [-0.1, -0.05) is 29.8 Å². The van der Waals surface area contributed by atoms with Gasteiger partial charge in [0.1, 0.15) is 0 Å². The number of aryl methyl sites for hydroxylation is 1. The van der Waals surface area contributed by atoms with Crippen LogP contribution >= 0.6 is 15.9 Å². The van der Waals surface area contributed by atoms with E-state index in [2.05, 4.69) is 39.8 Å². The van der Waals surface area contributed by atoms with Gasteiger partial charge in [-0.25, -0.2) is 0 Å². The van der Waals surface area contributed by atoms with Gasteiger partial charge in [0.05, 0.1) is 5.69 Å². The number of benzene rings is 1. The SMILES string of the molecule is Cc1cc(NS(=O)(=O)N(C)CCCNC(C)C)ccc1Br. The highest BCUT2D eigenvalue weighted by atomic mass is 79.9. The van der Waals surface area contributed by atoms with Crippen molar-refractivity contribution < 1.29 is 8.42 Å². The Kier molecular flexibility index (Phi) is 7.12. The Morgan fingerprint density at radius 1 is 1.33 bits per heavy atom. The highest BCUT2D eigenvalue weighted by Crippen LogP contribution is 2.21. The molecule has 0 spiro atoms. The Balaban J connectivity index is 2.57. The molecule has 0 bridgehead atoms. The van der Waals surface area contributed by atoms with Gasteiger partial charge < -0.3 is 5.32 Å². The molecule has 0 fully saturated rings. The summed E-state index contributed by atoms with van der Waals surface area (Å²) in [5.74, 6) is 0. The molecule has 0 unspecified atom stereocenters. The molecular weight excluding hydrogens is 354 g/mol. The van der Waals surface area contributed by atoms with Crippen LogP contribution in [0.5, 0.6) is 0 Å². The van der Waals surface area contributed by atoms with Crippen LogP contribution in [0.4, 0.5) is 5.69 Å². The lowest BCUT2D eigenvalue weighted by Crippen LogP contribution is -2.35. The molecule has 0 amide bonds. The van der Waals surface area contributed by atoms with Gasteiger partial charge in [-0.2, -0.15) is 12.7 Å². The van der Waals surface area contributed by atoms with Crippen LogP contribution < -0.4 is 10.0 Å². The van der Waals surface area contributed by atoms with Gasteiger partial charge in [-0.15, -0.1) is 0 Å². The van der Waals surface area contributed by atoms with E-state index in [-0.39, 0.29) is 0 Å². The molecule has 5 nitrogen and oxygen atoms in total. The molecule has 120 valence electrons. The summed E-state index contributed by atoms with van der Waals surface area (Å²) in [7, 11) is -1.92. The van der Waals surface area contributed by atoms with E-state index >= 15 is 0 Å². The monoisotopic (exact) mass is 377 g/mol. The first-order valence-electron chi connectivity index (χ1n) is 6.96. The minimum atomic E-state index is -3.50. The summed E-state index contributed by atoms with van der Waals surface area (Å²) in [6.07, 6.45) is 0.773. The zero-order valence-electron chi connectivity index (χ0n) is 13.0. The van der Waals surface area contributed by atoms with Crippen LogP contribution in [0.25, 0.3) is 0 Å². The second kappa shape index (κ2) is 8.12. The predicted molar refractivity (Wildman–Crippen MR) is 91.8 cm³/mol. The van der Waals surface area contributed by atoms with E-state index in [1.165, 1.54) is 4.31 Å². The fraction of sp³-hybridized carbons (Fsp3) is 0.571. The number of hydrogen-bond donors (Lipinski definition) is 2. The van der Waals surface area contributed by atoms with E-state index < -0.39 is 10.2 Å². The quantitative estimate of drug-likeness (QED) is 0.684. The summed E-state index contributed by atoms with van der Waals surface area (Å²) in [5, 5.41) is 3.27. The van der Waals surface area contributed by atoms with Gasteiger partial charge >= 0.3 is 10.2 Å². The maximum Gasteiger partial charge on any atom is 0.301 e. The highest BCUT2D eigenvalue weighted by molar-refractivity contribution is 9.10. The summed E-state index contributed by atoms with van der Waals surface area (Å²) in [6.45, 7) is 7.33. The van der Waals surface area contributed by atoms with E-state index in [1.54, 1.807) is 19.2 Å². The van der Waals surface area contributed by atoms with E-state index in [0.29, 0.717) is 18.3 Å². The normalized spacial score (nSPS) is 12.1. The number of anilines is 1. The predicted octanol–water partition coefficient (Wildman–Crippen LogP) is 2.73. The molecule has 0 saturated carbocycles. The number of halogens is 1. The third kappa shape index (κ3) is 6.34. The van der Waals surface area contributed by atoms with E-state index in [4.69, 9.17) is 0 Å². The summed E-state index contributed by atoms with van der Waals surface area (Å²) in [4.78, 5) is 0. The fourth-order valence-corrected chi connectivity index (χ4v) is 2.94. The van der Waals surface area contributed by atoms with Gasteiger partial charge in [-0.05, 0) is 43.7 Å². The van der Waals surface area contributed by atoms with Crippen molar-refractivity contribution in [3.8, 4) is 0 Å². The van der Waals surface area contributed by atoms with Crippen molar-refractivity contribution >= 4 is 31.8 Å². The van der Waals surface area contributed by atoms with Crippen LogP contribution in [0.3, 0.4) is 0 Å². The van der Waals surface area contributed by atoms with Gasteiger partial charge in [0, 0.05) is 24.1 Å². The molecule has 0 heterocycles. The highest BCUT2D eigenvalue weighted by Gasteiger charge is 2.17. The van der Waals surface area contributed by atoms with E-state index in [0.717, 1.165) is 23.0 Å². The third-order valence-corrected chi connectivity index (χ3v) is 5.40. The molecule has 0 atom stereocenters. The molecule has 1 rings (SSSR count).